The second-order valence-corrected chi connectivity index (χ2v) is 8.53. The molecule has 0 N–H and O–H groups in total. The Hall–Kier alpha value is -0.610. The molecule has 2 aliphatic carbocycles. The third kappa shape index (κ3) is 4.02. The molecular weight excluding hydrogens is 312 g/mol. The van der Waals surface area contributed by atoms with Crippen LogP contribution in [0.1, 0.15) is 50.5 Å². The smallest absolute Gasteiger partial charge is 0.139 e. The number of rotatable bonds is 7. The van der Waals surface area contributed by atoms with E-state index in [9.17, 15) is 9.59 Å². The largest absolute Gasteiger partial charge is 0.299 e. The van der Waals surface area contributed by atoms with Crippen LogP contribution in [0.3, 0.4) is 0 Å². The second-order valence-electron chi connectivity index (χ2n) is 6.65. The molecule has 2 atom stereocenters. The van der Waals surface area contributed by atoms with Gasteiger partial charge in [0.05, 0.1) is 0 Å². The second kappa shape index (κ2) is 7.78. The molecule has 120 valence electrons. The lowest BCUT2D eigenvalue weighted by atomic mass is 9.66. The first-order valence-corrected chi connectivity index (χ1v) is 10.5. The molecule has 0 aromatic carbocycles. The number of ketones is 2. The normalized spacial score (nSPS) is 27.8. The predicted molar refractivity (Wildman–Crippen MR) is 93.3 cm³/mol. The molecule has 0 aliphatic heterocycles. The van der Waals surface area contributed by atoms with Crippen molar-refractivity contribution in [3.63, 3.8) is 0 Å². The standard InChI is InChI=1S/C18H24O2S2/c19-17(5-2-7-21-11-13-6-8-22-12-13)16-9-14-3-1-4-15(10-16)18(14)20/h6,8,12,14-16H,1-5,7,9-11H2. The van der Waals surface area contributed by atoms with Crippen molar-refractivity contribution in [2.24, 2.45) is 17.8 Å². The first-order valence-electron chi connectivity index (χ1n) is 8.39. The maximum atomic E-state index is 12.4. The van der Waals surface area contributed by atoms with Gasteiger partial charge in [0.25, 0.3) is 0 Å². The molecule has 0 amide bonds. The summed E-state index contributed by atoms with van der Waals surface area (Å²) in [5.41, 5.74) is 1.39. The molecule has 2 unspecified atom stereocenters. The van der Waals surface area contributed by atoms with E-state index in [-0.39, 0.29) is 17.8 Å². The Morgan fingerprint density at radius 2 is 2.05 bits per heavy atom. The van der Waals surface area contributed by atoms with Crippen molar-refractivity contribution >= 4 is 34.7 Å². The van der Waals surface area contributed by atoms with Gasteiger partial charge in [-0.05, 0) is 60.2 Å². The fraction of sp³-hybridized carbons (Fsp3) is 0.667. The van der Waals surface area contributed by atoms with Gasteiger partial charge in [0.1, 0.15) is 11.6 Å². The van der Waals surface area contributed by atoms with Crippen molar-refractivity contribution in [3.8, 4) is 0 Å². The average molecular weight is 337 g/mol. The van der Waals surface area contributed by atoms with Crippen LogP contribution in [0.25, 0.3) is 0 Å². The molecule has 0 saturated heterocycles. The van der Waals surface area contributed by atoms with E-state index >= 15 is 0 Å². The molecule has 22 heavy (non-hydrogen) atoms. The number of hydrogen-bond acceptors (Lipinski definition) is 4. The van der Waals surface area contributed by atoms with Gasteiger partial charge in [-0.15, -0.1) is 0 Å². The zero-order chi connectivity index (χ0) is 15.4. The maximum Gasteiger partial charge on any atom is 0.139 e. The SMILES string of the molecule is O=C(CCCSCc1ccsc1)C1CC2CCCC(C1)C2=O. The van der Waals surface area contributed by atoms with Crippen LogP contribution in [0.4, 0.5) is 0 Å². The molecule has 0 spiro atoms. The fourth-order valence-corrected chi connectivity index (χ4v) is 5.54. The molecule has 2 bridgehead atoms. The quantitative estimate of drug-likeness (QED) is 0.675. The van der Waals surface area contributed by atoms with Crippen LogP contribution in [0, 0.1) is 17.8 Å². The summed E-state index contributed by atoms with van der Waals surface area (Å²) in [7, 11) is 0. The summed E-state index contributed by atoms with van der Waals surface area (Å²) in [6, 6.07) is 2.17. The number of Topliss-reactive ketones (excluding diaryl/α,β-unsaturated/α-hetero) is 2. The molecule has 4 heteroatoms. The maximum absolute atomic E-state index is 12.4. The van der Waals surface area contributed by atoms with Gasteiger partial charge < -0.3 is 0 Å². The zero-order valence-corrected chi connectivity index (χ0v) is 14.6. The van der Waals surface area contributed by atoms with Gasteiger partial charge in [0, 0.05) is 29.9 Å². The van der Waals surface area contributed by atoms with Gasteiger partial charge in [-0.1, -0.05) is 6.42 Å². The van der Waals surface area contributed by atoms with E-state index in [4.69, 9.17) is 0 Å². The van der Waals surface area contributed by atoms with E-state index in [0.717, 1.165) is 43.6 Å². The van der Waals surface area contributed by atoms with Crippen LogP contribution in [0.15, 0.2) is 16.8 Å². The van der Waals surface area contributed by atoms with Crippen LogP contribution in [-0.4, -0.2) is 17.3 Å². The lowest BCUT2D eigenvalue weighted by Crippen LogP contribution is -2.39. The minimum absolute atomic E-state index is 0.176. The monoisotopic (exact) mass is 336 g/mol. The molecule has 1 heterocycles. The summed E-state index contributed by atoms with van der Waals surface area (Å²) in [5, 5.41) is 4.30. The van der Waals surface area contributed by atoms with Crippen molar-refractivity contribution in [2.75, 3.05) is 5.75 Å². The molecule has 2 saturated carbocycles. The number of carbonyl (C=O) groups excluding carboxylic acids is 2. The Labute approximate surface area is 141 Å². The highest BCUT2D eigenvalue weighted by atomic mass is 32.2. The number of hydrogen-bond donors (Lipinski definition) is 0. The van der Waals surface area contributed by atoms with Crippen LogP contribution in [0.2, 0.25) is 0 Å². The van der Waals surface area contributed by atoms with E-state index in [2.05, 4.69) is 16.8 Å². The van der Waals surface area contributed by atoms with E-state index in [1.54, 1.807) is 11.3 Å². The molecule has 2 nitrogen and oxygen atoms in total. The highest BCUT2D eigenvalue weighted by Gasteiger charge is 2.40. The Bertz CT molecular complexity index is 493. The first-order chi connectivity index (χ1) is 10.7. The Kier molecular flexibility index (Phi) is 5.75. The highest BCUT2D eigenvalue weighted by Crippen LogP contribution is 2.40. The van der Waals surface area contributed by atoms with Crippen LogP contribution in [0.5, 0.6) is 0 Å². The summed E-state index contributed by atoms with van der Waals surface area (Å²) in [5.74, 6) is 3.57. The van der Waals surface area contributed by atoms with E-state index in [0.29, 0.717) is 18.0 Å². The summed E-state index contributed by atoms with van der Waals surface area (Å²) in [6.45, 7) is 0. The van der Waals surface area contributed by atoms with E-state index in [1.165, 1.54) is 12.0 Å². The summed E-state index contributed by atoms with van der Waals surface area (Å²) >= 11 is 3.66. The third-order valence-corrected chi connectivity index (χ3v) is 6.91. The lowest BCUT2D eigenvalue weighted by molar-refractivity contribution is -0.136. The molecule has 1 aromatic rings. The zero-order valence-electron chi connectivity index (χ0n) is 13.0. The minimum atomic E-state index is 0.176. The van der Waals surface area contributed by atoms with Crippen molar-refractivity contribution in [1.82, 2.24) is 0 Å². The molecule has 2 aliphatic rings. The van der Waals surface area contributed by atoms with Crippen LogP contribution < -0.4 is 0 Å². The van der Waals surface area contributed by atoms with Gasteiger partial charge in [-0.2, -0.15) is 23.1 Å². The highest BCUT2D eigenvalue weighted by molar-refractivity contribution is 7.98. The van der Waals surface area contributed by atoms with Gasteiger partial charge in [0.15, 0.2) is 0 Å². The number of carbonyl (C=O) groups is 2. The van der Waals surface area contributed by atoms with Gasteiger partial charge in [-0.25, -0.2) is 0 Å². The van der Waals surface area contributed by atoms with Gasteiger partial charge in [-0.3, -0.25) is 9.59 Å². The molecular formula is C18H24O2S2. The predicted octanol–water partition coefficient (Wildman–Crippen LogP) is 4.73. The summed E-state index contributed by atoms with van der Waals surface area (Å²) in [4.78, 5) is 24.5. The summed E-state index contributed by atoms with van der Waals surface area (Å²) < 4.78 is 0. The van der Waals surface area contributed by atoms with E-state index in [1.807, 2.05) is 11.8 Å². The Morgan fingerprint density at radius 3 is 2.73 bits per heavy atom. The van der Waals surface area contributed by atoms with Crippen molar-refractivity contribution < 1.29 is 9.59 Å². The number of fused-ring (bicyclic) bond motifs is 2. The fourth-order valence-electron chi connectivity index (χ4n) is 3.86. The number of thioether (sulfide) groups is 1. The van der Waals surface area contributed by atoms with E-state index < -0.39 is 0 Å². The van der Waals surface area contributed by atoms with Crippen molar-refractivity contribution in [3.05, 3.63) is 22.4 Å². The van der Waals surface area contributed by atoms with Crippen molar-refractivity contribution in [1.29, 1.82) is 0 Å². The van der Waals surface area contributed by atoms with Gasteiger partial charge >= 0.3 is 0 Å². The third-order valence-electron chi connectivity index (χ3n) is 5.06. The minimum Gasteiger partial charge on any atom is -0.299 e. The number of thiophene rings is 1. The van der Waals surface area contributed by atoms with Crippen LogP contribution in [-0.2, 0) is 15.3 Å². The molecule has 2 fully saturated rings. The van der Waals surface area contributed by atoms with Gasteiger partial charge in [0.2, 0.25) is 0 Å². The van der Waals surface area contributed by atoms with Crippen LogP contribution >= 0.6 is 23.1 Å². The first kappa shape index (κ1) is 16.3. The molecule has 1 aromatic heterocycles. The average Bonchev–Trinajstić information content (AvgIpc) is 2.99. The summed E-state index contributed by atoms with van der Waals surface area (Å²) in [6.07, 6.45) is 6.60. The Morgan fingerprint density at radius 1 is 1.27 bits per heavy atom. The Balaban J connectivity index is 1.36. The molecule has 0 radical (unpaired) electrons. The molecule has 3 rings (SSSR count). The van der Waals surface area contributed by atoms with Crippen molar-refractivity contribution in [2.45, 2.75) is 50.7 Å². The lowest BCUT2D eigenvalue weighted by Gasteiger charge is -2.37. The topological polar surface area (TPSA) is 34.1 Å².